The Morgan fingerprint density at radius 3 is 2.09 bits per heavy atom. The van der Waals surface area contributed by atoms with E-state index in [0.717, 1.165) is 56.2 Å². The van der Waals surface area contributed by atoms with Gasteiger partial charge in [0, 0.05) is 29.8 Å². The van der Waals surface area contributed by atoms with Crippen LogP contribution in [0.4, 0.5) is 23.7 Å². The predicted octanol–water partition coefficient (Wildman–Crippen LogP) is 7.33. The molecule has 0 spiro atoms. The maximum absolute atomic E-state index is 13.3. The first-order valence-electron chi connectivity index (χ1n) is 15.2. The molecule has 2 fully saturated rings. The van der Waals surface area contributed by atoms with Crippen molar-refractivity contribution in [2.45, 2.75) is 78.1 Å². The van der Waals surface area contributed by atoms with E-state index in [0.29, 0.717) is 30.3 Å². The first-order valence-corrected chi connectivity index (χ1v) is 15.2. The lowest BCUT2D eigenvalue weighted by Crippen LogP contribution is -2.38. The molecular formula is C33H42F3N3O5. The largest absolute Gasteiger partial charge is 0.573 e. The van der Waals surface area contributed by atoms with Crippen LogP contribution in [0.1, 0.15) is 87.7 Å². The predicted molar refractivity (Wildman–Crippen MR) is 160 cm³/mol. The molecule has 1 unspecified atom stereocenters. The molecule has 2 aliphatic carbocycles. The molecule has 0 saturated heterocycles. The summed E-state index contributed by atoms with van der Waals surface area (Å²) in [6.07, 6.45) is 0.590. The van der Waals surface area contributed by atoms with E-state index >= 15 is 0 Å². The molecule has 240 valence electrons. The number of carboxylic acids is 1. The topological polar surface area (TPSA) is 117 Å². The molecule has 2 aromatic carbocycles. The summed E-state index contributed by atoms with van der Waals surface area (Å²) in [5.41, 5.74) is 1.45. The van der Waals surface area contributed by atoms with Crippen molar-refractivity contribution in [1.82, 2.24) is 10.6 Å². The number of urea groups is 1. The van der Waals surface area contributed by atoms with E-state index < -0.39 is 23.8 Å². The number of amides is 2. The van der Waals surface area contributed by atoms with E-state index in [-0.39, 0.29) is 35.3 Å². The van der Waals surface area contributed by atoms with E-state index in [2.05, 4.69) is 41.5 Å². The number of carbonyl (C=O) groups excluding carboxylic acids is 2. The lowest BCUT2D eigenvalue weighted by atomic mass is 9.68. The zero-order chi connectivity index (χ0) is 32.1. The van der Waals surface area contributed by atoms with Crippen molar-refractivity contribution in [3.05, 3.63) is 59.7 Å². The number of hydrogen-bond acceptors (Lipinski definition) is 5. The van der Waals surface area contributed by atoms with Crippen LogP contribution in [0.15, 0.2) is 48.5 Å². The highest BCUT2D eigenvalue weighted by Crippen LogP contribution is 2.48. The molecule has 2 aromatic rings. The second-order valence-corrected chi connectivity index (χ2v) is 13.2. The SMILES string of the molecule is CC(C)(C)C1CCC(C(NC(=O)Nc2ccc(OC(F)(F)F)cc2)c2ccc(C(=O)C3(CNCCC(=O)O)CC3)cc2)CC1. The van der Waals surface area contributed by atoms with Gasteiger partial charge in [0.25, 0.3) is 0 Å². The summed E-state index contributed by atoms with van der Waals surface area (Å²) in [7, 11) is 0. The average Bonchev–Trinajstić information content (AvgIpc) is 3.75. The molecule has 2 amide bonds. The number of halogens is 3. The van der Waals surface area contributed by atoms with Crippen molar-refractivity contribution in [3.63, 3.8) is 0 Å². The Balaban J connectivity index is 1.45. The van der Waals surface area contributed by atoms with Crippen molar-refractivity contribution in [2.75, 3.05) is 18.4 Å². The number of Topliss-reactive ketones (excluding diaryl/α,β-unsaturated/α-hetero) is 1. The smallest absolute Gasteiger partial charge is 0.481 e. The fourth-order valence-corrected chi connectivity index (χ4v) is 6.15. The molecular weight excluding hydrogens is 575 g/mol. The number of hydrogen-bond donors (Lipinski definition) is 4. The van der Waals surface area contributed by atoms with E-state index in [1.165, 1.54) is 12.1 Å². The number of alkyl halides is 3. The van der Waals surface area contributed by atoms with Gasteiger partial charge in [-0.3, -0.25) is 9.59 Å². The molecule has 11 heteroatoms. The second-order valence-electron chi connectivity index (χ2n) is 13.2. The van der Waals surface area contributed by atoms with Gasteiger partial charge in [0.05, 0.1) is 12.5 Å². The molecule has 0 aromatic heterocycles. The van der Waals surface area contributed by atoms with E-state index in [1.807, 2.05) is 12.1 Å². The second kappa shape index (κ2) is 13.6. The number of carbonyl (C=O) groups is 3. The molecule has 0 heterocycles. The normalized spacial score (nSPS) is 20.3. The summed E-state index contributed by atoms with van der Waals surface area (Å²) in [5, 5.41) is 17.8. The van der Waals surface area contributed by atoms with Gasteiger partial charge in [-0.15, -0.1) is 13.2 Å². The quantitative estimate of drug-likeness (QED) is 0.146. The summed E-state index contributed by atoms with van der Waals surface area (Å²) >= 11 is 0. The van der Waals surface area contributed by atoms with Gasteiger partial charge in [0.15, 0.2) is 5.78 Å². The summed E-state index contributed by atoms with van der Waals surface area (Å²) in [6.45, 7) is 7.48. The maximum atomic E-state index is 13.3. The molecule has 0 bridgehead atoms. The molecule has 1 atom stereocenters. The molecule has 2 aliphatic rings. The van der Waals surface area contributed by atoms with Crippen LogP contribution in [-0.4, -0.2) is 42.3 Å². The van der Waals surface area contributed by atoms with Crippen molar-refractivity contribution in [3.8, 4) is 5.75 Å². The van der Waals surface area contributed by atoms with Crippen molar-refractivity contribution in [1.29, 1.82) is 0 Å². The average molecular weight is 618 g/mol. The van der Waals surface area contributed by atoms with Gasteiger partial charge in [-0.2, -0.15) is 0 Å². The minimum absolute atomic E-state index is 0.00359. The van der Waals surface area contributed by atoms with Crippen LogP contribution in [-0.2, 0) is 4.79 Å². The first kappa shape index (κ1) is 33.3. The number of aliphatic carboxylic acids is 1. The summed E-state index contributed by atoms with van der Waals surface area (Å²) < 4.78 is 41.4. The third-order valence-corrected chi connectivity index (χ3v) is 8.95. The van der Waals surface area contributed by atoms with Gasteiger partial charge >= 0.3 is 18.4 Å². The zero-order valence-electron chi connectivity index (χ0n) is 25.4. The molecule has 4 N–H and O–H groups in total. The number of carboxylic acid groups (broad SMARTS) is 1. The van der Waals surface area contributed by atoms with Crippen LogP contribution in [0.3, 0.4) is 0 Å². The third-order valence-electron chi connectivity index (χ3n) is 8.95. The fraction of sp³-hybridized carbons (Fsp3) is 0.545. The van der Waals surface area contributed by atoms with Gasteiger partial charge in [-0.05, 0) is 85.6 Å². The van der Waals surface area contributed by atoms with Gasteiger partial charge in [-0.25, -0.2) is 4.79 Å². The van der Waals surface area contributed by atoms with Crippen LogP contribution >= 0.6 is 0 Å². The Bertz CT molecular complexity index is 1290. The van der Waals surface area contributed by atoms with E-state index in [4.69, 9.17) is 5.11 Å². The third kappa shape index (κ3) is 9.20. The molecule has 4 rings (SSSR count). The molecule has 44 heavy (non-hydrogen) atoms. The molecule has 8 nitrogen and oxygen atoms in total. The Morgan fingerprint density at radius 2 is 1.57 bits per heavy atom. The first-order chi connectivity index (χ1) is 20.6. The highest BCUT2D eigenvalue weighted by Gasteiger charge is 2.49. The Labute approximate surface area is 256 Å². The van der Waals surface area contributed by atoms with Crippen LogP contribution in [0, 0.1) is 22.7 Å². The van der Waals surface area contributed by atoms with Crippen molar-refractivity contribution >= 4 is 23.5 Å². The molecule has 0 radical (unpaired) electrons. The molecule has 0 aliphatic heterocycles. The zero-order valence-corrected chi connectivity index (χ0v) is 25.4. The standard InChI is InChI=1S/C33H42F3N3O5/c1-31(2,3)24-10-8-22(9-11-24)28(39-30(43)38-25-12-14-26(15-13-25)44-33(34,35)36)21-4-6-23(7-5-21)29(42)32(17-18-32)20-37-19-16-27(40)41/h4-7,12-15,22,24,28,37H,8-11,16-20H2,1-3H3,(H,40,41)(H2,38,39,43). The number of anilines is 1. The number of nitrogens with one attached hydrogen (secondary N) is 3. The summed E-state index contributed by atoms with van der Waals surface area (Å²) in [5.74, 6) is -0.504. The number of benzene rings is 2. The van der Waals surface area contributed by atoms with Crippen LogP contribution in [0.5, 0.6) is 5.75 Å². The van der Waals surface area contributed by atoms with Crippen molar-refractivity contribution in [2.24, 2.45) is 22.7 Å². The fourth-order valence-electron chi connectivity index (χ4n) is 6.15. The lowest BCUT2D eigenvalue weighted by Gasteiger charge is -2.39. The van der Waals surface area contributed by atoms with E-state index in [1.54, 1.807) is 12.1 Å². The van der Waals surface area contributed by atoms with Gasteiger partial charge < -0.3 is 25.8 Å². The van der Waals surface area contributed by atoms with Gasteiger partial charge in [-0.1, -0.05) is 45.0 Å². The Hall–Kier alpha value is -3.60. The van der Waals surface area contributed by atoms with Crippen LogP contribution in [0.2, 0.25) is 0 Å². The highest BCUT2D eigenvalue weighted by atomic mass is 19.4. The van der Waals surface area contributed by atoms with Crippen LogP contribution in [0.25, 0.3) is 0 Å². The monoisotopic (exact) mass is 617 g/mol. The van der Waals surface area contributed by atoms with Gasteiger partial charge in [0.2, 0.25) is 0 Å². The molecule has 2 saturated carbocycles. The maximum Gasteiger partial charge on any atom is 0.573 e. The summed E-state index contributed by atoms with van der Waals surface area (Å²) in [4.78, 5) is 37.3. The number of rotatable bonds is 12. The lowest BCUT2D eigenvalue weighted by molar-refractivity contribution is -0.274. The van der Waals surface area contributed by atoms with Crippen molar-refractivity contribution < 1.29 is 37.4 Å². The highest BCUT2D eigenvalue weighted by molar-refractivity contribution is 6.02. The Morgan fingerprint density at radius 1 is 0.955 bits per heavy atom. The minimum Gasteiger partial charge on any atom is -0.481 e. The number of ether oxygens (including phenoxy) is 1. The Kier molecular flexibility index (Phi) is 10.3. The van der Waals surface area contributed by atoms with Gasteiger partial charge in [0.1, 0.15) is 5.75 Å². The van der Waals surface area contributed by atoms with E-state index in [9.17, 15) is 27.6 Å². The summed E-state index contributed by atoms with van der Waals surface area (Å²) in [6, 6.07) is 11.5. The van der Waals surface area contributed by atoms with Crippen LogP contribution < -0.4 is 20.7 Å². The number of ketones is 1. The minimum atomic E-state index is -4.80.